The molecule has 140 valence electrons. The van der Waals surface area contributed by atoms with E-state index in [-0.39, 0.29) is 5.91 Å². The normalized spacial score (nSPS) is 16.6. The number of aromatic amines is 1. The molecule has 27 heavy (non-hydrogen) atoms. The maximum Gasteiger partial charge on any atom is 0.253 e. The van der Waals surface area contributed by atoms with E-state index in [0.717, 1.165) is 42.0 Å². The fourth-order valence-corrected chi connectivity index (χ4v) is 3.32. The van der Waals surface area contributed by atoms with Crippen molar-refractivity contribution in [2.24, 2.45) is 0 Å². The van der Waals surface area contributed by atoms with Crippen LogP contribution in [0, 0.1) is 0 Å². The summed E-state index contributed by atoms with van der Waals surface area (Å²) >= 11 is 0. The number of nitrogens with zero attached hydrogens (tertiary/aromatic N) is 3. The van der Waals surface area contributed by atoms with Gasteiger partial charge in [0.2, 0.25) is 0 Å². The fourth-order valence-electron chi connectivity index (χ4n) is 3.32. The van der Waals surface area contributed by atoms with Gasteiger partial charge in [0.15, 0.2) is 0 Å². The first-order valence-electron chi connectivity index (χ1n) is 9.17. The van der Waals surface area contributed by atoms with Gasteiger partial charge >= 0.3 is 0 Å². The van der Waals surface area contributed by atoms with Crippen LogP contribution in [0.2, 0.25) is 0 Å². The van der Waals surface area contributed by atoms with E-state index in [0.29, 0.717) is 24.6 Å². The highest BCUT2D eigenvalue weighted by atomic mass is 16.5. The third kappa shape index (κ3) is 3.93. The number of carbonyl (C=O) groups is 1. The Labute approximate surface area is 157 Å². The van der Waals surface area contributed by atoms with Crippen molar-refractivity contribution in [2.75, 3.05) is 38.7 Å². The molecule has 0 unspecified atom stereocenters. The third-order valence-electron chi connectivity index (χ3n) is 4.94. The lowest BCUT2D eigenvalue weighted by atomic mass is 10.1. The first-order valence-corrected chi connectivity index (χ1v) is 9.17. The van der Waals surface area contributed by atoms with E-state index in [9.17, 15) is 4.79 Å². The van der Waals surface area contributed by atoms with Gasteiger partial charge in [-0.1, -0.05) is 0 Å². The highest BCUT2D eigenvalue weighted by Crippen LogP contribution is 2.24. The van der Waals surface area contributed by atoms with Crippen molar-refractivity contribution in [1.82, 2.24) is 19.9 Å². The van der Waals surface area contributed by atoms with E-state index in [1.165, 1.54) is 0 Å². The topological polar surface area (TPSA) is 83.1 Å². The van der Waals surface area contributed by atoms with Crippen LogP contribution < -0.4 is 5.32 Å². The zero-order valence-electron chi connectivity index (χ0n) is 15.3. The van der Waals surface area contributed by atoms with Gasteiger partial charge < -0.3 is 19.9 Å². The van der Waals surface area contributed by atoms with Crippen molar-refractivity contribution < 1.29 is 9.53 Å². The molecule has 0 saturated carbocycles. The summed E-state index contributed by atoms with van der Waals surface area (Å²) in [4.78, 5) is 26.1. The summed E-state index contributed by atoms with van der Waals surface area (Å²) < 4.78 is 5.43. The van der Waals surface area contributed by atoms with E-state index in [4.69, 9.17) is 4.74 Å². The second-order valence-electron chi connectivity index (χ2n) is 6.82. The molecule has 2 aromatic heterocycles. The quantitative estimate of drug-likeness (QED) is 0.702. The minimum atomic E-state index is 0.00591. The molecule has 1 atom stereocenters. The van der Waals surface area contributed by atoms with Gasteiger partial charge in [0, 0.05) is 61.4 Å². The lowest BCUT2D eigenvalue weighted by Crippen LogP contribution is -2.31. The maximum absolute atomic E-state index is 12.6. The number of H-pyrrole nitrogens is 1. The van der Waals surface area contributed by atoms with Crippen LogP contribution in [0.1, 0.15) is 28.4 Å². The Morgan fingerprint density at radius 2 is 2.26 bits per heavy atom. The number of anilines is 1. The van der Waals surface area contributed by atoms with E-state index < -0.39 is 0 Å². The second-order valence-corrected chi connectivity index (χ2v) is 6.82. The maximum atomic E-state index is 12.6. The minimum Gasteiger partial charge on any atom is -0.381 e. The molecule has 1 aliphatic rings. The molecule has 0 radical (unpaired) electrons. The summed E-state index contributed by atoms with van der Waals surface area (Å²) in [6, 6.07) is 9.64. The molecule has 0 bridgehead atoms. The standard InChI is InChI=1S/C20H23N5O2/c1-25(20(26)15-2-3-17-14(10-15)4-6-21-17)8-7-22-19-11-18(23-13-24-19)16-5-9-27-12-16/h2-4,6,10-11,13,16,21H,5,7-9,12H2,1H3,(H,22,23,24)/t16-/m1/s1. The minimum absolute atomic E-state index is 0.00591. The lowest BCUT2D eigenvalue weighted by molar-refractivity contribution is 0.0800. The number of aromatic nitrogens is 3. The number of rotatable bonds is 6. The number of likely N-dealkylation sites (N-methyl/N-ethyl adjacent to an activating group) is 1. The van der Waals surface area contributed by atoms with Gasteiger partial charge in [0.25, 0.3) is 5.91 Å². The number of ether oxygens (including phenoxy) is 1. The van der Waals surface area contributed by atoms with Crippen LogP contribution in [0.3, 0.4) is 0 Å². The molecule has 7 heteroatoms. The second kappa shape index (κ2) is 7.75. The predicted octanol–water partition coefficient (Wildman–Crippen LogP) is 2.65. The Morgan fingerprint density at radius 3 is 3.11 bits per heavy atom. The molecule has 0 aliphatic carbocycles. The van der Waals surface area contributed by atoms with Crippen LogP contribution in [0.5, 0.6) is 0 Å². The molecule has 0 spiro atoms. The molecular formula is C20H23N5O2. The number of carbonyl (C=O) groups excluding carboxylic acids is 1. The molecule has 3 aromatic rings. The molecule has 1 fully saturated rings. The van der Waals surface area contributed by atoms with Gasteiger partial charge in [-0.15, -0.1) is 0 Å². The monoisotopic (exact) mass is 365 g/mol. The molecule has 1 amide bonds. The number of hydrogen-bond donors (Lipinski definition) is 2. The number of amides is 1. The Morgan fingerprint density at radius 1 is 1.33 bits per heavy atom. The molecule has 7 nitrogen and oxygen atoms in total. The molecular weight excluding hydrogens is 342 g/mol. The third-order valence-corrected chi connectivity index (χ3v) is 4.94. The Balaban J connectivity index is 1.33. The number of fused-ring (bicyclic) bond motifs is 1. The van der Waals surface area contributed by atoms with Crippen LogP contribution in [0.15, 0.2) is 42.9 Å². The van der Waals surface area contributed by atoms with Gasteiger partial charge in [-0.3, -0.25) is 4.79 Å². The molecule has 1 aromatic carbocycles. The van der Waals surface area contributed by atoms with Crippen molar-refractivity contribution >= 4 is 22.6 Å². The SMILES string of the molecule is CN(CCNc1cc([C@@H]2CCOC2)ncn1)C(=O)c1ccc2[nH]ccc2c1. The molecule has 2 N–H and O–H groups in total. The summed E-state index contributed by atoms with van der Waals surface area (Å²) in [6.07, 6.45) is 4.45. The van der Waals surface area contributed by atoms with E-state index in [1.807, 2.05) is 43.6 Å². The van der Waals surface area contributed by atoms with Crippen LogP contribution in [0.25, 0.3) is 10.9 Å². The number of hydrogen-bond acceptors (Lipinski definition) is 5. The van der Waals surface area contributed by atoms with Crippen LogP contribution in [0.4, 0.5) is 5.82 Å². The lowest BCUT2D eigenvalue weighted by Gasteiger charge is -2.18. The molecule has 3 heterocycles. The van der Waals surface area contributed by atoms with Crippen molar-refractivity contribution in [3.8, 4) is 0 Å². The average Bonchev–Trinajstić information content (AvgIpc) is 3.38. The summed E-state index contributed by atoms with van der Waals surface area (Å²) in [6.45, 7) is 2.71. The van der Waals surface area contributed by atoms with Crippen molar-refractivity contribution in [1.29, 1.82) is 0 Å². The van der Waals surface area contributed by atoms with Crippen molar-refractivity contribution in [3.63, 3.8) is 0 Å². The van der Waals surface area contributed by atoms with Gasteiger partial charge in [0.05, 0.1) is 12.3 Å². The predicted molar refractivity (Wildman–Crippen MR) is 104 cm³/mol. The van der Waals surface area contributed by atoms with E-state index in [1.54, 1.807) is 11.2 Å². The van der Waals surface area contributed by atoms with Crippen LogP contribution in [-0.4, -0.2) is 59.1 Å². The number of benzene rings is 1. The summed E-state index contributed by atoms with van der Waals surface area (Å²) in [7, 11) is 1.81. The first kappa shape index (κ1) is 17.5. The van der Waals surface area contributed by atoms with E-state index in [2.05, 4.69) is 20.3 Å². The Hall–Kier alpha value is -2.93. The highest BCUT2D eigenvalue weighted by molar-refractivity contribution is 5.97. The van der Waals surface area contributed by atoms with Gasteiger partial charge in [-0.05, 0) is 30.7 Å². The zero-order valence-corrected chi connectivity index (χ0v) is 15.3. The smallest absolute Gasteiger partial charge is 0.253 e. The van der Waals surface area contributed by atoms with Gasteiger partial charge in [-0.25, -0.2) is 9.97 Å². The molecule has 4 rings (SSSR count). The molecule has 1 saturated heterocycles. The van der Waals surface area contributed by atoms with Gasteiger partial charge in [-0.2, -0.15) is 0 Å². The largest absolute Gasteiger partial charge is 0.381 e. The first-order chi connectivity index (χ1) is 13.2. The van der Waals surface area contributed by atoms with Crippen LogP contribution >= 0.6 is 0 Å². The van der Waals surface area contributed by atoms with Crippen LogP contribution in [-0.2, 0) is 4.74 Å². The summed E-state index contributed by atoms with van der Waals surface area (Å²) in [5.41, 5.74) is 2.73. The van der Waals surface area contributed by atoms with Crippen molar-refractivity contribution in [2.45, 2.75) is 12.3 Å². The Kier molecular flexibility index (Phi) is 5.02. The average molecular weight is 365 g/mol. The fraction of sp³-hybridized carbons (Fsp3) is 0.350. The Bertz CT molecular complexity index is 933. The van der Waals surface area contributed by atoms with Gasteiger partial charge in [0.1, 0.15) is 12.1 Å². The van der Waals surface area contributed by atoms with E-state index >= 15 is 0 Å². The summed E-state index contributed by atoms with van der Waals surface area (Å²) in [5.74, 6) is 1.13. The summed E-state index contributed by atoms with van der Waals surface area (Å²) in [5, 5.41) is 4.32. The number of nitrogens with one attached hydrogen (secondary N) is 2. The molecule has 1 aliphatic heterocycles. The highest BCUT2D eigenvalue weighted by Gasteiger charge is 2.19. The van der Waals surface area contributed by atoms with Crippen molar-refractivity contribution in [3.05, 3.63) is 54.1 Å². The zero-order chi connectivity index (χ0) is 18.6.